The van der Waals surface area contributed by atoms with Gasteiger partial charge in [-0.1, -0.05) is 19.8 Å². The fraction of sp³-hybridized carbons (Fsp3) is 0.909. The predicted octanol–water partition coefficient (Wildman–Crippen LogP) is 2.86. The molecular weight excluding hydrogens is 146 g/mol. The molecule has 71 valence electrons. The first-order valence-corrected chi connectivity index (χ1v) is 5.30. The maximum absolute atomic E-state index is 3.94. The Morgan fingerprint density at radius 2 is 1.92 bits per heavy atom. The highest BCUT2D eigenvalue weighted by Gasteiger charge is 2.23. The summed E-state index contributed by atoms with van der Waals surface area (Å²) in [5.41, 5.74) is 0. The summed E-state index contributed by atoms with van der Waals surface area (Å²) in [6.07, 6.45) is 6.75. The summed E-state index contributed by atoms with van der Waals surface area (Å²) in [6.45, 7) is 9.72. The van der Waals surface area contributed by atoms with Crippen molar-refractivity contribution in [3.05, 3.63) is 6.92 Å². The summed E-state index contributed by atoms with van der Waals surface area (Å²) in [6, 6.07) is 1.57. The number of hydrogen-bond donors (Lipinski definition) is 0. The molecule has 1 rings (SSSR count). The molecule has 1 aliphatic rings. The van der Waals surface area contributed by atoms with Gasteiger partial charge in [0.05, 0.1) is 0 Å². The van der Waals surface area contributed by atoms with E-state index in [1.165, 1.54) is 32.2 Å². The summed E-state index contributed by atoms with van der Waals surface area (Å²) < 4.78 is 0. The fourth-order valence-electron chi connectivity index (χ4n) is 2.28. The Labute approximate surface area is 77.1 Å². The van der Waals surface area contributed by atoms with E-state index in [2.05, 4.69) is 25.7 Å². The van der Waals surface area contributed by atoms with Crippen LogP contribution in [0.4, 0.5) is 0 Å². The molecule has 0 N–H and O–H groups in total. The van der Waals surface area contributed by atoms with Gasteiger partial charge in [0.25, 0.3) is 0 Å². The van der Waals surface area contributed by atoms with Gasteiger partial charge in [0.15, 0.2) is 0 Å². The second-order valence-corrected chi connectivity index (χ2v) is 4.12. The second-order valence-electron chi connectivity index (χ2n) is 4.12. The van der Waals surface area contributed by atoms with Crippen LogP contribution in [-0.2, 0) is 0 Å². The molecule has 1 heteroatoms. The molecule has 0 atom stereocenters. The van der Waals surface area contributed by atoms with Crippen LogP contribution in [-0.4, -0.2) is 23.5 Å². The van der Waals surface area contributed by atoms with E-state index in [1.54, 1.807) is 0 Å². The largest absolute Gasteiger partial charge is 0.298 e. The lowest BCUT2D eigenvalue weighted by Gasteiger charge is -2.32. The van der Waals surface area contributed by atoms with Gasteiger partial charge in [-0.05, 0) is 39.7 Å². The van der Waals surface area contributed by atoms with Crippen LogP contribution in [0.3, 0.4) is 0 Å². The first kappa shape index (κ1) is 10.0. The summed E-state index contributed by atoms with van der Waals surface area (Å²) in [4.78, 5) is 2.62. The zero-order valence-electron chi connectivity index (χ0n) is 8.55. The minimum absolute atomic E-state index is 0.704. The van der Waals surface area contributed by atoms with Crippen LogP contribution in [0.1, 0.15) is 46.0 Å². The van der Waals surface area contributed by atoms with Crippen LogP contribution in [0.2, 0.25) is 0 Å². The molecule has 0 bridgehead atoms. The van der Waals surface area contributed by atoms with E-state index < -0.39 is 0 Å². The van der Waals surface area contributed by atoms with E-state index in [1.807, 2.05) is 0 Å². The fourth-order valence-corrected chi connectivity index (χ4v) is 2.28. The molecular formula is C11H22N. The quantitative estimate of drug-likeness (QED) is 0.624. The van der Waals surface area contributed by atoms with Gasteiger partial charge in [0, 0.05) is 12.1 Å². The summed E-state index contributed by atoms with van der Waals surface area (Å²) >= 11 is 0. The lowest BCUT2D eigenvalue weighted by molar-refractivity contribution is 0.158. The number of nitrogens with zero attached hydrogens (tertiary/aromatic N) is 1. The molecule has 0 aromatic carbocycles. The monoisotopic (exact) mass is 168 g/mol. The normalized spacial score (nSPS) is 19.8. The van der Waals surface area contributed by atoms with Gasteiger partial charge in [-0.2, -0.15) is 0 Å². The van der Waals surface area contributed by atoms with Gasteiger partial charge in [-0.3, -0.25) is 4.90 Å². The van der Waals surface area contributed by atoms with Crippen molar-refractivity contribution in [3.63, 3.8) is 0 Å². The molecule has 0 aliphatic heterocycles. The van der Waals surface area contributed by atoms with Gasteiger partial charge < -0.3 is 0 Å². The smallest absolute Gasteiger partial charge is 0.00979 e. The highest BCUT2D eigenvalue weighted by atomic mass is 15.2. The minimum atomic E-state index is 0.704. The second kappa shape index (κ2) is 4.86. The third-order valence-electron chi connectivity index (χ3n) is 2.87. The van der Waals surface area contributed by atoms with Gasteiger partial charge in [-0.25, -0.2) is 0 Å². The average molecular weight is 168 g/mol. The third-order valence-corrected chi connectivity index (χ3v) is 2.87. The van der Waals surface area contributed by atoms with Crippen molar-refractivity contribution in [3.8, 4) is 0 Å². The Hall–Kier alpha value is -0.0400. The van der Waals surface area contributed by atoms with E-state index in [9.17, 15) is 0 Å². The van der Waals surface area contributed by atoms with Gasteiger partial charge in [-0.15, -0.1) is 0 Å². The third kappa shape index (κ3) is 2.48. The molecule has 1 saturated carbocycles. The Morgan fingerprint density at radius 3 is 2.33 bits per heavy atom. The van der Waals surface area contributed by atoms with Crippen molar-refractivity contribution in [2.24, 2.45) is 0 Å². The lowest BCUT2D eigenvalue weighted by atomic mass is 10.1. The van der Waals surface area contributed by atoms with E-state index in [-0.39, 0.29) is 0 Å². The topological polar surface area (TPSA) is 3.24 Å². The van der Waals surface area contributed by atoms with Crippen LogP contribution in [0.5, 0.6) is 0 Å². The van der Waals surface area contributed by atoms with Crippen molar-refractivity contribution >= 4 is 0 Å². The van der Waals surface area contributed by atoms with Crippen LogP contribution in [0, 0.1) is 6.92 Å². The minimum Gasteiger partial charge on any atom is -0.298 e. The van der Waals surface area contributed by atoms with Crippen molar-refractivity contribution in [1.82, 2.24) is 4.90 Å². The zero-order valence-corrected chi connectivity index (χ0v) is 8.55. The van der Waals surface area contributed by atoms with Crippen LogP contribution < -0.4 is 0 Å². The van der Waals surface area contributed by atoms with Gasteiger partial charge in [0.1, 0.15) is 0 Å². The van der Waals surface area contributed by atoms with Gasteiger partial charge in [0.2, 0.25) is 0 Å². The molecule has 0 amide bonds. The van der Waals surface area contributed by atoms with E-state index in [4.69, 9.17) is 0 Å². The first-order valence-electron chi connectivity index (χ1n) is 5.30. The van der Waals surface area contributed by atoms with Crippen LogP contribution >= 0.6 is 0 Å². The maximum atomic E-state index is 3.94. The highest BCUT2D eigenvalue weighted by Crippen LogP contribution is 2.24. The summed E-state index contributed by atoms with van der Waals surface area (Å²) in [5.74, 6) is 0. The molecule has 0 spiro atoms. The number of rotatable bonds is 4. The average Bonchev–Trinajstić information content (AvgIpc) is 2.51. The van der Waals surface area contributed by atoms with Crippen molar-refractivity contribution < 1.29 is 0 Å². The Balaban J connectivity index is 2.40. The Bertz CT molecular complexity index is 114. The SMILES string of the molecule is [CH2]CCN(C(C)C)C1CCCC1. The molecule has 12 heavy (non-hydrogen) atoms. The Morgan fingerprint density at radius 1 is 1.33 bits per heavy atom. The summed E-state index contributed by atoms with van der Waals surface area (Å²) in [7, 11) is 0. The van der Waals surface area contributed by atoms with Crippen LogP contribution in [0.25, 0.3) is 0 Å². The Kier molecular flexibility index (Phi) is 4.07. The molecule has 1 aliphatic carbocycles. The molecule has 0 aromatic rings. The zero-order chi connectivity index (χ0) is 8.97. The standard InChI is InChI=1S/C11H22N/c1-4-9-12(10(2)3)11-7-5-6-8-11/h10-11H,1,4-9H2,2-3H3. The first-order chi connectivity index (χ1) is 5.75. The molecule has 1 fully saturated rings. The molecule has 0 heterocycles. The predicted molar refractivity (Wildman–Crippen MR) is 54.1 cm³/mol. The number of hydrogen-bond acceptors (Lipinski definition) is 1. The van der Waals surface area contributed by atoms with Crippen LogP contribution in [0.15, 0.2) is 0 Å². The lowest BCUT2D eigenvalue weighted by Crippen LogP contribution is -2.39. The van der Waals surface area contributed by atoms with Gasteiger partial charge >= 0.3 is 0 Å². The maximum Gasteiger partial charge on any atom is 0.00979 e. The molecule has 0 aromatic heterocycles. The molecule has 0 unspecified atom stereocenters. The van der Waals surface area contributed by atoms with Crippen molar-refractivity contribution in [2.75, 3.05) is 6.54 Å². The molecule has 1 nitrogen and oxygen atoms in total. The van der Waals surface area contributed by atoms with E-state index >= 15 is 0 Å². The van der Waals surface area contributed by atoms with Crippen molar-refractivity contribution in [1.29, 1.82) is 0 Å². The van der Waals surface area contributed by atoms with Crippen molar-refractivity contribution in [2.45, 2.75) is 58.0 Å². The van der Waals surface area contributed by atoms with E-state index in [0.717, 1.165) is 12.5 Å². The molecule has 0 saturated heterocycles. The summed E-state index contributed by atoms with van der Waals surface area (Å²) in [5, 5.41) is 0. The molecule has 1 radical (unpaired) electrons. The highest BCUT2D eigenvalue weighted by molar-refractivity contribution is 4.79. The van der Waals surface area contributed by atoms with E-state index in [0.29, 0.717) is 6.04 Å².